The molecule has 0 aromatic heterocycles. The highest BCUT2D eigenvalue weighted by Crippen LogP contribution is 2.42. The minimum atomic E-state index is -1.82. The van der Waals surface area contributed by atoms with Crippen LogP contribution in [-0.4, -0.2) is 167 Å². The lowest BCUT2D eigenvalue weighted by Gasteiger charge is -2.50. The number of ether oxygens (including phenoxy) is 6. The van der Waals surface area contributed by atoms with Crippen molar-refractivity contribution in [3.05, 3.63) is 0 Å². The number of carbonyl (C=O) groups excluding carboxylic acids is 1. The van der Waals surface area contributed by atoms with Crippen LogP contribution in [0.1, 0.15) is 94.9 Å². The molecule has 14 nitrogen and oxygen atoms in total. The molecule has 3 aliphatic rings. The van der Waals surface area contributed by atoms with E-state index in [9.17, 15) is 30.3 Å². The number of cyclic esters (lactones) is 1. The lowest BCUT2D eigenvalue weighted by molar-refractivity contribution is -0.318. The zero-order valence-electron chi connectivity index (χ0n) is 35.1. The second-order valence-corrected chi connectivity index (χ2v) is 17.7. The Kier molecular flexibility index (Phi) is 15.8. The van der Waals surface area contributed by atoms with E-state index >= 15 is 0 Å². The minimum Gasteiger partial charge on any atom is -0.459 e. The van der Waals surface area contributed by atoms with E-state index in [0.717, 1.165) is 0 Å². The van der Waals surface area contributed by atoms with Gasteiger partial charge in [-0.25, -0.2) is 0 Å². The molecule has 0 amide bonds. The van der Waals surface area contributed by atoms with Gasteiger partial charge in [-0.2, -0.15) is 0 Å². The fourth-order valence-corrected chi connectivity index (χ4v) is 9.57. The average Bonchev–Trinajstić information content (AvgIpc) is 3.06. The first kappa shape index (κ1) is 46.4. The monoisotopic (exact) mass is 763 g/mol. The number of nitrogens with zero attached hydrogens (tertiary/aromatic N) is 2. The number of likely N-dealkylation sites (N-methyl/N-ethyl adjacent to an activating group) is 1. The summed E-state index contributed by atoms with van der Waals surface area (Å²) in [6, 6.07) is -0.622. The third-order valence-electron chi connectivity index (χ3n) is 12.6. The number of rotatable bonds is 8. The first-order chi connectivity index (χ1) is 24.3. The summed E-state index contributed by atoms with van der Waals surface area (Å²) in [6.07, 6.45) is -8.35. The second-order valence-electron chi connectivity index (χ2n) is 17.7. The third kappa shape index (κ3) is 10.1. The predicted octanol–water partition coefficient (Wildman–Crippen LogP) is 2.15. The molecule has 3 heterocycles. The van der Waals surface area contributed by atoms with Gasteiger partial charge in [-0.05, 0) is 94.9 Å². The van der Waals surface area contributed by atoms with Crippen molar-refractivity contribution in [3.8, 4) is 0 Å². The maximum atomic E-state index is 14.2. The van der Waals surface area contributed by atoms with E-state index in [1.165, 1.54) is 14.0 Å². The van der Waals surface area contributed by atoms with Crippen LogP contribution in [-0.2, 0) is 33.2 Å². The van der Waals surface area contributed by atoms with Gasteiger partial charge >= 0.3 is 5.97 Å². The second kappa shape index (κ2) is 18.1. The molecule has 3 aliphatic heterocycles. The smallest absolute Gasteiger partial charge is 0.311 e. The minimum absolute atomic E-state index is 0.131. The molecule has 0 aromatic carbocycles. The van der Waals surface area contributed by atoms with E-state index in [1.807, 2.05) is 65.7 Å². The van der Waals surface area contributed by atoms with Crippen LogP contribution in [0.3, 0.4) is 0 Å². The lowest BCUT2D eigenvalue weighted by Crippen LogP contribution is -2.62. The van der Waals surface area contributed by atoms with Crippen molar-refractivity contribution >= 4 is 5.97 Å². The predicted molar refractivity (Wildman–Crippen MR) is 199 cm³/mol. The molecule has 3 fully saturated rings. The summed E-state index contributed by atoms with van der Waals surface area (Å²) >= 11 is 0. The molecular formula is C39H74N2O12. The standard InChI is InChI=1S/C39H74N2O12/c1-16-27-39(10,47)32(43)22(4)29(41(13)14)20(2)18-37(8,46)34(53-36-30(42)26(40(11)12)17-21(3)49-36)23(5)31(24(6)35(45)51-27)52-28-19-38(9,48-15)33(44)25(7)50-28/h20-34,36,42-44,46-47H,16-19H2,1-15H3/t20-,21-,22+,23+,24-,25+,26+,27-,28+,29+,30-,31+,32-,33+,34-,36+,37-,38-,39-/m1/s1. The molecule has 14 heteroatoms. The highest BCUT2D eigenvalue weighted by Gasteiger charge is 2.53. The SMILES string of the molecule is CC[C@H]1OC(=O)[C@H](C)[C@@H](O[C@H]2C[C@@](C)(OC)[C@@H](O)[C@H](C)O2)[C@H](C)[C@@H](O[C@@H]2O[C@H](C)C[C@H](N(C)C)[C@H]2O)[C@](C)(O)C[C@@H](C)[C@H](N(C)C)[C@H](C)[C@@H](O)[C@]1(C)O. The Morgan fingerprint density at radius 3 is 1.98 bits per heavy atom. The zero-order valence-corrected chi connectivity index (χ0v) is 35.1. The van der Waals surface area contributed by atoms with E-state index in [4.69, 9.17) is 28.4 Å². The Bertz CT molecular complexity index is 1170. The maximum absolute atomic E-state index is 14.2. The van der Waals surface area contributed by atoms with Crippen LogP contribution in [0.2, 0.25) is 0 Å². The number of esters is 1. The molecule has 0 aliphatic carbocycles. The molecule has 312 valence electrons. The van der Waals surface area contributed by atoms with Gasteiger partial charge in [0.05, 0.1) is 47.6 Å². The van der Waals surface area contributed by atoms with E-state index in [2.05, 4.69) is 0 Å². The fraction of sp³-hybridized carbons (Fsp3) is 0.974. The quantitative estimate of drug-likeness (QED) is 0.227. The normalized spacial score (nSPS) is 49.8. The summed E-state index contributed by atoms with van der Waals surface area (Å²) in [5.41, 5.74) is -4.45. The van der Waals surface area contributed by atoms with E-state index in [0.29, 0.717) is 6.42 Å². The van der Waals surface area contributed by atoms with E-state index in [1.54, 1.807) is 34.6 Å². The lowest BCUT2D eigenvalue weighted by atomic mass is 9.72. The molecule has 5 N–H and O–H groups in total. The Hall–Kier alpha value is -1.01. The van der Waals surface area contributed by atoms with Crippen molar-refractivity contribution in [2.45, 2.75) is 185 Å². The highest BCUT2D eigenvalue weighted by atomic mass is 16.7. The van der Waals surface area contributed by atoms with Crippen LogP contribution in [0.25, 0.3) is 0 Å². The molecule has 0 spiro atoms. The molecule has 0 unspecified atom stereocenters. The van der Waals surface area contributed by atoms with Crippen LogP contribution < -0.4 is 0 Å². The van der Waals surface area contributed by atoms with Crippen molar-refractivity contribution in [2.75, 3.05) is 35.3 Å². The van der Waals surface area contributed by atoms with Gasteiger partial charge in [0, 0.05) is 37.5 Å². The van der Waals surface area contributed by atoms with Crippen molar-refractivity contribution in [1.82, 2.24) is 9.80 Å². The van der Waals surface area contributed by atoms with Gasteiger partial charge in [0.15, 0.2) is 12.6 Å². The molecule has 3 rings (SSSR count). The van der Waals surface area contributed by atoms with Gasteiger partial charge < -0.3 is 63.8 Å². The van der Waals surface area contributed by atoms with Crippen molar-refractivity contribution in [3.63, 3.8) is 0 Å². The van der Waals surface area contributed by atoms with Gasteiger partial charge in [-0.1, -0.05) is 27.7 Å². The number of carbonyl (C=O) groups is 1. The Balaban J connectivity index is 2.22. The Morgan fingerprint density at radius 2 is 1.45 bits per heavy atom. The zero-order chi connectivity index (χ0) is 40.5. The number of hydrogen-bond acceptors (Lipinski definition) is 14. The molecule has 0 saturated carbocycles. The largest absolute Gasteiger partial charge is 0.459 e. The van der Waals surface area contributed by atoms with E-state index < -0.39 is 95.8 Å². The number of aliphatic hydroxyl groups excluding tert-OH is 3. The van der Waals surface area contributed by atoms with Crippen LogP contribution in [0.4, 0.5) is 0 Å². The molecule has 0 bridgehead atoms. The van der Waals surface area contributed by atoms with E-state index in [-0.39, 0.29) is 43.4 Å². The maximum Gasteiger partial charge on any atom is 0.311 e. The highest BCUT2D eigenvalue weighted by molar-refractivity contribution is 5.73. The summed E-state index contributed by atoms with van der Waals surface area (Å²) in [5, 5.41) is 58.9. The van der Waals surface area contributed by atoms with Gasteiger partial charge in [0.25, 0.3) is 0 Å². The van der Waals surface area contributed by atoms with Crippen molar-refractivity contribution < 1.29 is 58.7 Å². The Morgan fingerprint density at radius 1 is 0.849 bits per heavy atom. The van der Waals surface area contributed by atoms with Crippen LogP contribution in [0.15, 0.2) is 0 Å². The molecular weight excluding hydrogens is 688 g/mol. The number of aliphatic hydroxyl groups is 5. The average molecular weight is 763 g/mol. The number of hydrogen-bond donors (Lipinski definition) is 5. The van der Waals surface area contributed by atoms with Crippen molar-refractivity contribution in [1.29, 1.82) is 0 Å². The first-order valence-corrected chi connectivity index (χ1v) is 19.5. The van der Waals surface area contributed by atoms with Gasteiger partial charge in [0.1, 0.15) is 23.9 Å². The van der Waals surface area contributed by atoms with Crippen LogP contribution in [0, 0.1) is 23.7 Å². The van der Waals surface area contributed by atoms with Crippen LogP contribution >= 0.6 is 0 Å². The Labute approximate surface area is 318 Å². The number of methoxy groups -OCH3 is 1. The first-order valence-electron chi connectivity index (χ1n) is 19.5. The molecule has 53 heavy (non-hydrogen) atoms. The van der Waals surface area contributed by atoms with Crippen LogP contribution in [0.5, 0.6) is 0 Å². The summed E-state index contributed by atoms with van der Waals surface area (Å²) in [5.74, 6) is -3.23. The van der Waals surface area contributed by atoms with Gasteiger partial charge in [0.2, 0.25) is 0 Å². The molecule has 19 atom stereocenters. The molecule has 0 radical (unpaired) electrons. The third-order valence-corrected chi connectivity index (χ3v) is 12.6. The van der Waals surface area contributed by atoms with Gasteiger partial charge in [-0.3, -0.25) is 4.79 Å². The summed E-state index contributed by atoms with van der Waals surface area (Å²) in [7, 11) is 9.06. The fourth-order valence-electron chi connectivity index (χ4n) is 9.57. The molecule has 3 saturated heterocycles. The summed E-state index contributed by atoms with van der Waals surface area (Å²) < 4.78 is 37.7. The van der Waals surface area contributed by atoms with Gasteiger partial charge in [-0.15, -0.1) is 0 Å². The summed E-state index contributed by atoms with van der Waals surface area (Å²) in [4.78, 5) is 18.1. The molecule has 0 aromatic rings. The van der Waals surface area contributed by atoms with Crippen molar-refractivity contribution in [2.24, 2.45) is 23.7 Å². The summed E-state index contributed by atoms with van der Waals surface area (Å²) in [6.45, 7) is 17.7. The topological polar surface area (TPSA) is 180 Å².